The zero-order valence-electron chi connectivity index (χ0n) is 14.6. The van der Waals surface area contributed by atoms with Crippen molar-refractivity contribution in [1.29, 1.82) is 0 Å². The van der Waals surface area contributed by atoms with Gasteiger partial charge in [-0.3, -0.25) is 4.79 Å². The summed E-state index contributed by atoms with van der Waals surface area (Å²) in [6.07, 6.45) is 2.12. The molecule has 3 heterocycles. The average Bonchev–Trinajstić information content (AvgIpc) is 3.01. The Morgan fingerprint density at radius 3 is 2.92 bits per heavy atom. The molecule has 1 amide bonds. The van der Waals surface area contributed by atoms with Crippen molar-refractivity contribution in [3.63, 3.8) is 0 Å². The molecule has 4 rings (SSSR count). The number of aryl methyl sites for hydroxylation is 1. The normalized spacial score (nSPS) is 20.0. The van der Waals surface area contributed by atoms with Crippen molar-refractivity contribution in [2.45, 2.75) is 18.6 Å². The van der Waals surface area contributed by atoms with Crippen LogP contribution in [-0.2, 0) is 11.8 Å². The Balaban J connectivity index is 1.52. The molecule has 0 aliphatic carbocycles. The lowest BCUT2D eigenvalue weighted by molar-refractivity contribution is -0.0153. The summed E-state index contributed by atoms with van der Waals surface area (Å²) in [5.74, 6) is 0.428. The molecule has 3 aromatic rings. The van der Waals surface area contributed by atoms with E-state index in [1.54, 1.807) is 12.3 Å². The minimum atomic E-state index is -0.266. The predicted octanol–water partition coefficient (Wildman–Crippen LogP) is 2.54. The second-order valence-electron chi connectivity index (χ2n) is 6.42. The highest BCUT2D eigenvalue weighted by molar-refractivity contribution is 5.98. The van der Waals surface area contributed by atoms with Crippen LogP contribution in [0.4, 0.5) is 0 Å². The van der Waals surface area contributed by atoms with Crippen molar-refractivity contribution >= 4 is 16.8 Å². The van der Waals surface area contributed by atoms with Gasteiger partial charge in [-0.1, -0.05) is 24.3 Å². The number of hydrogen-bond acceptors (Lipinski definition) is 4. The summed E-state index contributed by atoms with van der Waals surface area (Å²) in [5.41, 5.74) is 1.67. The van der Waals surface area contributed by atoms with Crippen LogP contribution in [0.25, 0.3) is 10.9 Å². The van der Waals surface area contributed by atoms with Crippen LogP contribution in [0.1, 0.15) is 16.9 Å². The molecule has 1 aliphatic rings. The van der Waals surface area contributed by atoms with E-state index in [2.05, 4.69) is 10.3 Å². The van der Waals surface area contributed by atoms with Gasteiger partial charge in [-0.15, -0.1) is 0 Å². The molecule has 134 valence electrons. The Labute approximate surface area is 151 Å². The lowest BCUT2D eigenvalue weighted by Gasteiger charge is -2.32. The quantitative estimate of drug-likeness (QED) is 0.784. The summed E-state index contributed by atoms with van der Waals surface area (Å²) in [6, 6.07) is 15.3. The molecule has 0 radical (unpaired) electrons. The first-order chi connectivity index (χ1) is 12.7. The standard InChI is InChI=1S/C20H21N3O3/c1-23-16-7-3-2-6-14(16)12-17(23)20(24)22-15-9-11-25-13-18(15)26-19-8-4-5-10-21-19/h2-8,10,12,15,18H,9,11,13H2,1H3,(H,22,24)/t15-,18-/m1/s1. The van der Waals surface area contributed by atoms with Gasteiger partial charge in [0.25, 0.3) is 5.91 Å². The van der Waals surface area contributed by atoms with Gasteiger partial charge in [-0.25, -0.2) is 4.98 Å². The number of nitrogens with one attached hydrogen (secondary N) is 1. The van der Waals surface area contributed by atoms with Gasteiger partial charge in [0.2, 0.25) is 5.88 Å². The molecule has 26 heavy (non-hydrogen) atoms. The van der Waals surface area contributed by atoms with Crippen molar-refractivity contribution < 1.29 is 14.3 Å². The highest BCUT2D eigenvalue weighted by Crippen LogP contribution is 2.20. The van der Waals surface area contributed by atoms with Crippen molar-refractivity contribution in [3.05, 3.63) is 60.4 Å². The Morgan fingerprint density at radius 2 is 2.12 bits per heavy atom. The van der Waals surface area contributed by atoms with Gasteiger partial charge >= 0.3 is 0 Å². The van der Waals surface area contributed by atoms with Gasteiger partial charge in [0.05, 0.1) is 12.6 Å². The highest BCUT2D eigenvalue weighted by Gasteiger charge is 2.30. The minimum Gasteiger partial charge on any atom is -0.470 e. The fourth-order valence-corrected chi connectivity index (χ4v) is 3.31. The summed E-state index contributed by atoms with van der Waals surface area (Å²) in [6.45, 7) is 1.03. The molecule has 0 spiro atoms. The molecular formula is C20H21N3O3. The van der Waals surface area contributed by atoms with Crippen LogP contribution in [0.2, 0.25) is 0 Å². The number of amides is 1. The van der Waals surface area contributed by atoms with E-state index in [4.69, 9.17) is 9.47 Å². The number of fused-ring (bicyclic) bond motifs is 1. The molecule has 0 saturated carbocycles. The second-order valence-corrected chi connectivity index (χ2v) is 6.42. The Hall–Kier alpha value is -2.86. The number of hydrogen-bond donors (Lipinski definition) is 1. The molecule has 1 aromatic carbocycles. The SMILES string of the molecule is Cn1c(C(=O)N[C@@H]2CCOC[C@H]2Oc2ccccn2)cc2ccccc21. The van der Waals surface area contributed by atoms with Gasteiger partial charge in [0, 0.05) is 36.8 Å². The Kier molecular flexibility index (Phi) is 4.58. The molecule has 1 aliphatic heterocycles. The number of carbonyl (C=O) groups is 1. The summed E-state index contributed by atoms with van der Waals surface area (Å²) >= 11 is 0. The lowest BCUT2D eigenvalue weighted by atomic mass is 10.1. The van der Waals surface area contributed by atoms with E-state index in [1.807, 2.05) is 54.1 Å². The number of ether oxygens (including phenoxy) is 2. The first kappa shape index (κ1) is 16.6. The van der Waals surface area contributed by atoms with Gasteiger partial charge < -0.3 is 19.4 Å². The van der Waals surface area contributed by atoms with Crippen LogP contribution in [-0.4, -0.2) is 40.8 Å². The van der Waals surface area contributed by atoms with E-state index < -0.39 is 0 Å². The molecule has 1 N–H and O–H groups in total. The van der Waals surface area contributed by atoms with Gasteiger partial charge in [-0.2, -0.15) is 0 Å². The fraction of sp³-hybridized carbons (Fsp3) is 0.300. The maximum Gasteiger partial charge on any atom is 0.268 e. The number of aromatic nitrogens is 2. The average molecular weight is 351 g/mol. The van der Waals surface area contributed by atoms with E-state index in [0.29, 0.717) is 31.2 Å². The zero-order chi connectivity index (χ0) is 17.9. The van der Waals surface area contributed by atoms with Gasteiger partial charge in [0.15, 0.2) is 0 Å². The zero-order valence-corrected chi connectivity index (χ0v) is 14.6. The van der Waals surface area contributed by atoms with E-state index in [9.17, 15) is 4.79 Å². The second kappa shape index (κ2) is 7.17. The third kappa shape index (κ3) is 3.28. The van der Waals surface area contributed by atoms with Gasteiger partial charge in [-0.05, 0) is 24.6 Å². The molecule has 6 nitrogen and oxygen atoms in total. The van der Waals surface area contributed by atoms with Crippen LogP contribution in [0, 0.1) is 0 Å². The molecule has 1 fully saturated rings. The smallest absolute Gasteiger partial charge is 0.268 e. The van der Waals surface area contributed by atoms with Crippen molar-refractivity contribution in [3.8, 4) is 5.88 Å². The summed E-state index contributed by atoms with van der Waals surface area (Å²) < 4.78 is 13.4. The van der Waals surface area contributed by atoms with Crippen LogP contribution in [0.15, 0.2) is 54.7 Å². The molecule has 0 bridgehead atoms. The Bertz CT molecular complexity index is 907. The van der Waals surface area contributed by atoms with E-state index in [0.717, 1.165) is 10.9 Å². The minimum absolute atomic E-state index is 0.106. The highest BCUT2D eigenvalue weighted by atomic mass is 16.5. The third-order valence-electron chi connectivity index (χ3n) is 4.71. The topological polar surface area (TPSA) is 65.4 Å². The van der Waals surface area contributed by atoms with Gasteiger partial charge in [0.1, 0.15) is 11.8 Å². The molecule has 6 heteroatoms. The van der Waals surface area contributed by atoms with Crippen LogP contribution in [0.3, 0.4) is 0 Å². The predicted molar refractivity (Wildman–Crippen MR) is 98.3 cm³/mol. The molecule has 1 saturated heterocycles. The van der Waals surface area contributed by atoms with Crippen LogP contribution < -0.4 is 10.1 Å². The molecular weight excluding hydrogens is 330 g/mol. The van der Waals surface area contributed by atoms with Crippen molar-refractivity contribution in [2.75, 3.05) is 13.2 Å². The maximum atomic E-state index is 12.9. The van der Waals surface area contributed by atoms with Crippen LogP contribution >= 0.6 is 0 Å². The van der Waals surface area contributed by atoms with E-state index in [1.165, 1.54) is 0 Å². The van der Waals surface area contributed by atoms with E-state index >= 15 is 0 Å². The largest absolute Gasteiger partial charge is 0.470 e. The summed E-state index contributed by atoms with van der Waals surface area (Å²) in [4.78, 5) is 17.1. The third-order valence-corrected chi connectivity index (χ3v) is 4.71. The first-order valence-electron chi connectivity index (χ1n) is 8.73. The number of para-hydroxylation sites is 1. The first-order valence-corrected chi connectivity index (χ1v) is 8.73. The summed E-state index contributed by atoms with van der Waals surface area (Å²) in [7, 11) is 1.91. The lowest BCUT2D eigenvalue weighted by Crippen LogP contribution is -2.51. The monoisotopic (exact) mass is 351 g/mol. The maximum absolute atomic E-state index is 12.9. The molecule has 2 aromatic heterocycles. The number of nitrogens with zero attached hydrogens (tertiary/aromatic N) is 2. The number of pyridine rings is 1. The number of rotatable bonds is 4. The Morgan fingerprint density at radius 1 is 1.27 bits per heavy atom. The molecule has 2 atom stereocenters. The number of carbonyl (C=O) groups excluding carboxylic acids is 1. The summed E-state index contributed by atoms with van der Waals surface area (Å²) in [5, 5.41) is 4.16. The number of benzene rings is 1. The molecule has 0 unspecified atom stereocenters. The fourth-order valence-electron chi connectivity index (χ4n) is 3.31. The van der Waals surface area contributed by atoms with Crippen molar-refractivity contribution in [2.24, 2.45) is 7.05 Å². The van der Waals surface area contributed by atoms with Crippen molar-refractivity contribution in [1.82, 2.24) is 14.9 Å². The van der Waals surface area contributed by atoms with Crippen LogP contribution in [0.5, 0.6) is 5.88 Å². The van der Waals surface area contributed by atoms with E-state index in [-0.39, 0.29) is 18.1 Å².